The molecular weight excluding hydrogens is 399 g/mol. The first-order chi connectivity index (χ1) is 15.0. The number of benzene rings is 3. The van der Waals surface area contributed by atoms with Gasteiger partial charge in [-0.2, -0.15) is 5.26 Å². The smallest absolute Gasteiger partial charge is 0.343 e. The Morgan fingerprint density at radius 1 is 1.06 bits per heavy atom. The molecule has 0 radical (unpaired) electrons. The van der Waals surface area contributed by atoms with Crippen LogP contribution in [0.15, 0.2) is 78.2 Å². The van der Waals surface area contributed by atoms with Gasteiger partial charge in [-0.15, -0.1) is 0 Å². The Morgan fingerprint density at radius 3 is 2.39 bits per heavy atom. The number of fused-ring (bicyclic) bond motifs is 1. The van der Waals surface area contributed by atoms with E-state index in [9.17, 15) is 14.4 Å². The summed E-state index contributed by atoms with van der Waals surface area (Å²) in [6.07, 6.45) is 0. The van der Waals surface area contributed by atoms with Crippen molar-refractivity contribution in [2.45, 2.75) is 5.92 Å². The summed E-state index contributed by atoms with van der Waals surface area (Å²) in [6, 6.07) is 19.3. The molecule has 0 amide bonds. The maximum atomic E-state index is 13.1. The highest BCUT2D eigenvalue weighted by atomic mass is 19.1. The third-order valence-electron chi connectivity index (χ3n) is 4.93. The lowest BCUT2D eigenvalue weighted by atomic mass is 9.83. The van der Waals surface area contributed by atoms with Crippen LogP contribution in [0.5, 0.6) is 17.2 Å². The Morgan fingerprint density at radius 2 is 1.74 bits per heavy atom. The molecule has 1 atom stereocenters. The van der Waals surface area contributed by atoms with Gasteiger partial charge in [0.05, 0.1) is 18.6 Å². The normalized spacial score (nSPS) is 14.8. The van der Waals surface area contributed by atoms with Gasteiger partial charge in [0.15, 0.2) is 0 Å². The summed E-state index contributed by atoms with van der Waals surface area (Å²) >= 11 is 0. The minimum Gasteiger partial charge on any atom is -0.497 e. The lowest BCUT2D eigenvalue weighted by Crippen LogP contribution is -2.21. The van der Waals surface area contributed by atoms with Crippen molar-refractivity contribution in [2.75, 3.05) is 7.11 Å². The summed E-state index contributed by atoms with van der Waals surface area (Å²) in [4.78, 5) is 12.3. The molecule has 154 valence electrons. The van der Waals surface area contributed by atoms with Gasteiger partial charge in [-0.1, -0.05) is 18.2 Å². The molecule has 0 aromatic heterocycles. The van der Waals surface area contributed by atoms with Crippen LogP contribution in [0.1, 0.15) is 27.4 Å². The second-order valence-electron chi connectivity index (χ2n) is 6.79. The zero-order valence-corrected chi connectivity index (χ0v) is 16.5. The molecule has 4 rings (SSSR count). The van der Waals surface area contributed by atoms with Crippen molar-refractivity contribution in [1.29, 1.82) is 5.26 Å². The van der Waals surface area contributed by atoms with E-state index in [1.165, 1.54) is 30.3 Å². The molecule has 1 heterocycles. The van der Waals surface area contributed by atoms with Crippen LogP contribution in [0, 0.1) is 17.1 Å². The van der Waals surface area contributed by atoms with Crippen LogP contribution >= 0.6 is 0 Å². The van der Waals surface area contributed by atoms with Crippen LogP contribution in [-0.4, -0.2) is 13.1 Å². The highest BCUT2D eigenvalue weighted by Crippen LogP contribution is 2.43. The first kappa shape index (κ1) is 20.0. The fourth-order valence-electron chi connectivity index (χ4n) is 3.39. The summed E-state index contributed by atoms with van der Waals surface area (Å²) in [5.41, 5.74) is 8.05. The van der Waals surface area contributed by atoms with Crippen LogP contribution in [-0.2, 0) is 0 Å². The molecule has 0 bridgehead atoms. The van der Waals surface area contributed by atoms with E-state index in [0.717, 1.165) is 5.56 Å². The van der Waals surface area contributed by atoms with Crippen molar-refractivity contribution in [3.63, 3.8) is 0 Å². The Hall–Kier alpha value is -4.31. The minimum absolute atomic E-state index is 0.0159. The average Bonchev–Trinajstić information content (AvgIpc) is 2.78. The Kier molecular flexibility index (Phi) is 5.29. The summed E-state index contributed by atoms with van der Waals surface area (Å²) in [7, 11) is 1.58. The van der Waals surface area contributed by atoms with E-state index >= 15 is 0 Å². The largest absolute Gasteiger partial charge is 0.497 e. The number of nitrogens with two attached hydrogens (primary N) is 1. The number of hydrogen-bond acceptors (Lipinski definition) is 6. The van der Waals surface area contributed by atoms with Gasteiger partial charge in [0.25, 0.3) is 0 Å². The number of esters is 1. The number of nitriles is 1. The van der Waals surface area contributed by atoms with Gasteiger partial charge < -0.3 is 19.9 Å². The third kappa shape index (κ3) is 3.91. The van der Waals surface area contributed by atoms with E-state index in [-0.39, 0.29) is 22.8 Å². The Balaban J connectivity index is 1.67. The summed E-state index contributed by atoms with van der Waals surface area (Å²) in [5.74, 6) is -0.243. The molecule has 6 nitrogen and oxygen atoms in total. The van der Waals surface area contributed by atoms with Crippen molar-refractivity contribution in [2.24, 2.45) is 5.73 Å². The molecule has 31 heavy (non-hydrogen) atoms. The van der Waals surface area contributed by atoms with E-state index < -0.39 is 17.7 Å². The van der Waals surface area contributed by atoms with Crippen molar-refractivity contribution in [1.82, 2.24) is 0 Å². The van der Waals surface area contributed by atoms with E-state index in [0.29, 0.717) is 17.1 Å². The molecular formula is C24H17FN2O4. The topological polar surface area (TPSA) is 94.6 Å². The SMILES string of the molecule is COc1ccc(C2C(C#N)=C(N)Oc3cc(OC(=O)c4ccc(F)cc4)ccc32)cc1. The van der Waals surface area contributed by atoms with Crippen LogP contribution in [0.4, 0.5) is 4.39 Å². The lowest BCUT2D eigenvalue weighted by Gasteiger charge is -2.26. The summed E-state index contributed by atoms with van der Waals surface area (Å²) in [5, 5.41) is 9.65. The second-order valence-corrected chi connectivity index (χ2v) is 6.79. The quantitative estimate of drug-likeness (QED) is 0.504. The van der Waals surface area contributed by atoms with Gasteiger partial charge in [-0.3, -0.25) is 0 Å². The molecule has 7 heteroatoms. The molecule has 0 saturated carbocycles. The molecule has 3 aromatic carbocycles. The number of hydrogen-bond donors (Lipinski definition) is 1. The van der Waals surface area contributed by atoms with Crippen LogP contribution < -0.4 is 19.9 Å². The standard InChI is InChI=1S/C24H17FN2O4/c1-29-17-8-4-14(5-9-17)22-19-11-10-18(12-21(19)31-23(27)20(22)13-26)30-24(28)15-2-6-16(25)7-3-15/h2-12,22H,27H2,1H3. The third-order valence-corrected chi connectivity index (χ3v) is 4.93. The van der Waals surface area contributed by atoms with E-state index in [1.54, 1.807) is 31.4 Å². The monoisotopic (exact) mass is 416 g/mol. The van der Waals surface area contributed by atoms with Gasteiger partial charge in [0.2, 0.25) is 5.88 Å². The zero-order chi connectivity index (χ0) is 22.0. The molecule has 0 aliphatic carbocycles. The number of rotatable bonds is 4. The van der Waals surface area contributed by atoms with Crippen molar-refractivity contribution >= 4 is 5.97 Å². The molecule has 1 unspecified atom stereocenters. The highest BCUT2D eigenvalue weighted by Gasteiger charge is 2.31. The fraction of sp³-hybridized carbons (Fsp3) is 0.0833. The predicted octanol–water partition coefficient (Wildman–Crippen LogP) is 4.27. The number of halogens is 1. The number of nitrogens with zero attached hydrogens (tertiary/aromatic N) is 1. The fourth-order valence-corrected chi connectivity index (χ4v) is 3.39. The highest BCUT2D eigenvalue weighted by molar-refractivity contribution is 5.91. The summed E-state index contributed by atoms with van der Waals surface area (Å²) in [6.45, 7) is 0. The molecule has 2 N–H and O–H groups in total. The molecule has 0 spiro atoms. The van der Waals surface area contributed by atoms with Crippen molar-refractivity contribution in [3.05, 3.63) is 101 Å². The zero-order valence-electron chi connectivity index (χ0n) is 16.5. The van der Waals surface area contributed by atoms with Gasteiger partial charge in [-0.25, -0.2) is 9.18 Å². The molecule has 0 fully saturated rings. The van der Waals surface area contributed by atoms with Crippen LogP contribution in [0.25, 0.3) is 0 Å². The van der Waals surface area contributed by atoms with Gasteiger partial charge in [-0.05, 0) is 48.0 Å². The Labute approximate surface area is 177 Å². The minimum atomic E-state index is -0.635. The maximum Gasteiger partial charge on any atom is 0.343 e. The van der Waals surface area contributed by atoms with Gasteiger partial charge >= 0.3 is 5.97 Å². The number of carbonyl (C=O) groups excluding carboxylic acids is 1. The molecule has 3 aromatic rings. The van der Waals surface area contributed by atoms with E-state index in [4.69, 9.17) is 19.9 Å². The van der Waals surface area contributed by atoms with E-state index in [2.05, 4.69) is 6.07 Å². The second kappa shape index (κ2) is 8.20. The molecule has 1 aliphatic rings. The number of methoxy groups -OCH3 is 1. The van der Waals surface area contributed by atoms with Crippen LogP contribution in [0.3, 0.4) is 0 Å². The molecule has 0 saturated heterocycles. The van der Waals surface area contributed by atoms with Crippen molar-refractivity contribution in [3.8, 4) is 23.3 Å². The maximum absolute atomic E-state index is 13.1. The lowest BCUT2D eigenvalue weighted by molar-refractivity contribution is 0.0734. The first-order valence-electron chi connectivity index (χ1n) is 9.33. The van der Waals surface area contributed by atoms with Gasteiger partial charge in [0, 0.05) is 11.6 Å². The number of carbonyl (C=O) groups is 1. The number of allylic oxidation sites excluding steroid dienone is 1. The van der Waals surface area contributed by atoms with E-state index in [1.807, 2.05) is 12.1 Å². The molecule has 1 aliphatic heterocycles. The number of ether oxygens (including phenoxy) is 3. The first-order valence-corrected chi connectivity index (χ1v) is 9.33. The predicted molar refractivity (Wildman–Crippen MR) is 110 cm³/mol. The Bertz CT molecular complexity index is 1210. The summed E-state index contributed by atoms with van der Waals surface area (Å²) < 4.78 is 29.3. The van der Waals surface area contributed by atoms with Gasteiger partial charge in [0.1, 0.15) is 34.7 Å². The van der Waals surface area contributed by atoms with Crippen molar-refractivity contribution < 1.29 is 23.4 Å². The average molecular weight is 416 g/mol. The van der Waals surface area contributed by atoms with Crippen LogP contribution in [0.2, 0.25) is 0 Å².